The Bertz CT molecular complexity index is 741. The predicted molar refractivity (Wildman–Crippen MR) is 96.4 cm³/mol. The van der Waals surface area contributed by atoms with Gasteiger partial charge < -0.3 is 5.32 Å². The maximum Gasteiger partial charge on any atom is 0.264 e. The van der Waals surface area contributed by atoms with Crippen molar-refractivity contribution in [3.63, 3.8) is 0 Å². The number of aliphatic imine (C=N–C) groups is 1. The number of hydrogen-bond donors (Lipinski definition) is 1. The van der Waals surface area contributed by atoms with E-state index in [1.807, 2.05) is 60.7 Å². The summed E-state index contributed by atoms with van der Waals surface area (Å²) in [6.45, 7) is 0. The van der Waals surface area contributed by atoms with Crippen LogP contribution in [0.2, 0.25) is 0 Å². The van der Waals surface area contributed by atoms with E-state index in [1.54, 1.807) is 0 Å². The van der Waals surface area contributed by atoms with E-state index in [1.165, 1.54) is 11.8 Å². The molecule has 5 heteroatoms. The molecule has 0 saturated carbocycles. The molecule has 0 bridgehead atoms. The Morgan fingerprint density at radius 3 is 2.52 bits per heavy atom. The maximum atomic E-state index is 12.0. The Balaban J connectivity index is 1.86. The van der Waals surface area contributed by atoms with Gasteiger partial charge in [0.25, 0.3) is 5.91 Å². The van der Waals surface area contributed by atoms with Crippen LogP contribution >= 0.6 is 34.4 Å². The van der Waals surface area contributed by atoms with Crippen molar-refractivity contribution < 1.29 is 4.79 Å². The number of carbonyl (C=O) groups is 1. The smallest absolute Gasteiger partial charge is 0.264 e. The molecule has 2 aromatic rings. The number of amides is 1. The monoisotopic (exact) mass is 406 g/mol. The number of amidine groups is 1. The minimum Gasteiger partial charge on any atom is -0.300 e. The first-order valence-corrected chi connectivity index (χ1v) is 8.21. The van der Waals surface area contributed by atoms with Crippen molar-refractivity contribution in [2.45, 2.75) is 0 Å². The Morgan fingerprint density at radius 1 is 1.05 bits per heavy atom. The quantitative estimate of drug-likeness (QED) is 0.601. The van der Waals surface area contributed by atoms with Gasteiger partial charge in [-0.25, -0.2) is 4.99 Å². The van der Waals surface area contributed by atoms with E-state index in [2.05, 4.69) is 32.9 Å². The summed E-state index contributed by atoms with van der Waals surface area (Å²) in [4.78, 5) is 17.1. The Kier molecular flexibility index (Phi) is 4.40. The van der Waals surface area contributed by atoms with Crippen molar-refractivity contribution in [3.05, 3.63) is 68.6 Å². The molecule has 0 radical (unpaired) electrons. The third-order valence-electron chi connectivity index (χ3n) is 2.83. The zero-order valence-electron chi connectivity index (χ0n) is 10.9. The highest BCUT2D eigenvalue weighted by Gasteiger charge is 2.23. The van der Waals surface area contributed by atoms with Gasteiger partial charge in [0.15, 0.2) is 5.17 Å². The Hall–Kier alpha value is -1.60. The second-order valence-electron chi connectivity index (χ2n) is 4.34. The summed E-state index contributed by atoms with van der Waals surface area (Å²) in [5, 5.41) is 3.41. The zero-order valence-corrected chi connectivity index (χ0v) is 13.9. The van der Waals surface area contributed by atoms with E-state index in [4.69, 9.17) is 0 Å². The van der Waals surface area contributed by atoms with Crippen molar-refractivity contribution in [3.8, 4) is 0 Å². The standard InChI is InChI=1S/C16H11IN2OS/c17-13-9-5-4-6-11(13)10-14-15(20)19-16(21-14)18-12-7-2-1-3-8-12/h1-10H,(H,18,19,20)/b14-10+. The number of halogens is 1. The highest BCUT2D eigenvalue weighted by molar-refractivity contribution is 14.1. The van der Waals surface area contributed by atoms with Crippen LogP contribution in [0.25, 0.3) is 6.08 Å². The topological polar surface area (TPSA) is 41.5 Å². The second kappa shape index (κ2) is 6.44. The molecule has 0 spiro atoms. The van der Waals surface area contributed by atoms with Crippen LogP contribution in [0.4, 0.5) is 5.69 Å². The van der Waals surface area contributed by atoms with Crippen LogP contribution in [0.15, 0.2) is 64.5 Å². The molecule has 104 valence electrons. The first-order chi connectivity index (χ1) is 10.2. The van der Waals surface area contributed by atoms with Crippen molar-refractivity contribution in [2.75, 3.05) is 0 Å². The van der Waals surface area contributed by atoms with Gasteiger partial charge in [0, 0.05) is 3.57 Å². The van der Waals surface area contributed by atoms with Crippen LogP contribution in [0.1, 0.15) is 5.56 Å². The lowest BCUT2D eigenvalue weighted by Gasteiger charge is -1.98. The molecule has 21 heavy (non-hydrogen) atoms. The highest BCUT2D eigenvalue weighted by atomic mass is 127. The molecule has 1 N–H and O–H groups in total. The zero-order chi connectivity index (χ0) is 14.7. The lowest BCUT2D eigenvalue weighted by molar-refractivity contribution is -0.115. The minimum atomic E-state index is -0.102. The summed E-state index contributed by atoms with van der Waals surface area (Å²) in [6, 6.07) is 17.5. The molecule has 3 nitrogen and oxygen atoms in total. The molecule has 0 atom stereocenters. The molecular formula is C16H11IN2OS. The van der Waals surface area contributed by atoms with Crippen molar-refractivity contribution in [1.82, 2.24) is 5.32 Å². The van der Waals surface area contributed by atoms with Gasteiger partial charge in [-0.2, -0.15) is 0 Å². The van der Waals surface area contributed by atoms with Crippen molar-refractivity contribution >= 4 is 57.2 Å². The number of hydrogen-bond acceptors (Lipinski definition) is 3. The summed E-state index contributed by atoms with van der Waals surface area (Å²) < 4.78 is 1.12. The molecule has 0 aliphatic carbocycles. The Labute approximate surface area is 140 Å². The first-order valence-electron chi connectivity index (χ1n) is 6.31. The van der Waals surface area contributed by atoms with Gasteiger partial charge in [0.2, 0.25) is 0 Å². The maximum absolute atomic E-state index is 12.0. The van der Waals surface area contributed by atoms with Gasteiger partial charge in [-0.3, -0.25) is 4.79 Å². The van der Waals surface area contributed by atoms with Crippen LogP contribution in [0, 0.1) is 3.57 Å². The van der Waals surface area contributed by atoms with Gasteiger partial charge in [-0.15, -0.1) is 0 Å². The lowest BCUT2D eigenvalue weighted by Crippen LogP contribution is -2.19. The van der Waals surface area contributed by atoms with Crippen LogP contribution < -0.4 is 5.32 Å². The van der Waals surface area contributed by atoms with Crippen molar-refractivity contribution in [1.29, 1.82) is 0 Å². The number of nitrogens with zero attached hydrogens (tertiary/aromatic N) is 1. The third kappa shape index (κ3) is 3.54. The van der Waals surface area contributed by atoms with E-state index in [0.717, 1.165) is 14.8 Å². The molecule has 1 aliphatic heterocycles. The molecule has 1 heterocycles. The molecule has 0 unspecified atom stereocenters. The summed E-state index contributed by atoms with van der Waals surface area (Å²) in [5.74, 6) is -0.102. The molecule has 1 fully saturated rings. The van der Waals surface area contributed by atoms with E-state index < -0.39 is 0 Å². The normalized spacial score (nSPS) is 18.2. The fourth-order valence-corrected chi connectivity index (χ4v) is 3.21. The van der Waals surface area contributed by atoms with Crippen LogP contribution in [-0.2, 0) is 4.79 Å². The molecule has 0 aromatic heterocycles. The second-order valence-corrected chi connectivity index (χ2v) is 6.53. The van der Waals surface area contributed by atoms with Gasteiger partial charge in [0.05, 0.1) is 10.6 Å². The number of nitrogens with one attached hydrogen (secondary N) is 1. The fraction of sp³-hybridized carbons (Fsp3) is 0. The number of rotatable bonds is 2. The largest absolute Gasteiger partial charge is 0.300 e. The lowest BCUT2D eigenvalue weighted by atomic mass is 10.2. The molecule has 1 aliphatic rings. The first kappa shape index (κ1) is 14.3. The van der Waals surface area contributed by atoms with Gasteiger partial charge in [-0.05, 0) is 64.2 Å². The minimum absolute atomic E-state index is 0.102. The summed E-state index contributed by atoms with van der Waals surface area (Å²) >= 11 is 3.63. The van der Waals surface area contributed by atoms with E-state index in [-0.39, 0.29) is 5.91 Å². The summed E-state index contributed by atoms with van der Waals surface area (Å²) in [5.41, 5.74) is 1.87. The molecule has 2 aromatic carbocycles. The third-order valence-corrected chi connectivity index (χ3v) is 4.72. The molecule has 1 amide bonds. The number of para-hydroxylation sites is 1. The van der Waals surface area contributed by atoms with Crippen molar-refractivity contribution in [2.24, 2.45) is 4.99 Å². The van der Waals surface area contributed by atoms with Crippen LogP contribution in [0.5, 0.6) is 0 Å². The summed E-state index contributed by atoms with van der Waals surface area (Å²) in [6.07, 6.45) is 1.90. The molecule has 1 saturated heterocycles. The van der Waals surface area contributed by atoms with Crippen LogP contribution in [-0.4, -0.2) is 11.1 Å². The highest BCUT2D eigenvalue weighted by Crippen LogP contribution is 2.28. The van der Waals surface area contributed by atoms with E-state index >= 15 is 0 Å². The van der Waals surface area contributed by atoms with E-state index in [0.29, 0.717) is 10.1 Å². The average Bonchev–Trinajstić information content (AvgIpc) is 2.82. The molecule has 3 rings (SSSR count). The Morgan fingerprint density at radius 2 is 1.76 bits per heavy atom. The molecular weight excluding hydrogens is 395 g/mol. The fourth-order valence-electron chi connectivity index (χ4n) is 1.83. The number of benzene rings is 2. The van der Waals surface area contributed by atoms with Gasteiger partial charge >= 0.3 is 0 Å². The number of thioether (sulfide) groups is 1. The SMILES string of the molecule is O=C1NC(=Nc2ccccc2)S/C1=C/c1ccccc1I. The number of carbonyl (C=O) groups excluding carboxylic acids is 1. The van der Waals surface area contributed by atoms with E-state index in [9.17, 15) is 4.79 Å². The van der Waals surface area contributed by atoms with Gasteiger partial charge in [0.1, 0.15) is 0 Å². The van der Waals surface area contributed by atoms with Gasteiger partial charge in [-0.1, -0.05) is 36.4 Å². The van der Waals surface area contributed by atoms with Crippen LogP contribution in [0.3, 0.4) is 0 Å². The predicted octanol–water partition coefficient (Wildman–Crippen LogP) is 4.18. The summed E-state index contributed by atoms with van der Waals surface area (Å²) in [7, 11) is 0. The average molecular weight is 406 g/mol.